The summed E-state index contributed by atoms with van der Waals surface area (Å²) in [5.74, 6) is -0.336. The molecule has 0 aliphatic heterocycles. The van der Waals surface area contributed by atoms with E-state index in [2.05, 4.69) is 15.0 Å². The first-order valence-corrected chi connectivity index (χ1v) is 9.85. The Hall–Kier alpha value is -2.49. The first-order valence-electron chi connectivity index (χ1n) is 7.61. The summed E-state index contributed by atoms with van der Waals surface area (Å²) < 4.78 is 15.9. The van der Waals surface area contributed by atoms with Gasteiger partial charge in [0.05, 0.1) is 17.4 Å². The molecule has 27 heavy (non-hydrogen) atoms. The van der Waals surface area contributed by atoms with Crippen LogP contribution in [-0.2, 0) is 5.75 Å². The number of hydrogen-bond donors (Lipinski definition) is 1. The lowest BCUT2D eigenvalue weighted by atomic mass is 10.2. The summed E-state index contributed by atoms with van der Waals surface area (Å²) in [5.41, 5.74) is 2.47. The van der Waals surface area contributed by atoms with Crippen LogP contribution in [0.2, 0.25) is 5.02 Å². The van der Waals surface area contributed by atoms with Crippen LogP contribution in [0.3, 0.4) is 0 Å². The fourth-order valence-electron chi connectivity index (χ4n) is 2.41. The number of thioether (sulfide) groups is 1. The number of aromatic nitrogens is 4. The van der Waals surface area contributed by atoms with Crippen LogP contribution in [0.1, 0.15) is 5.56 Å². The summed E-state index contributed by atoms with van der Waals surface area (Å²) in [4.78, 5) is 25.3. The van der Waals surface area contributed by atoms with Gasteiger partial charge in [0.15, 0.2) is 10.8 Å². The van der Waals surface area contributed by atoms with Gasteiger partial charge in [-0.25, -0.2) is 19.3 Å². The second kappa shape index (κ2) is 7.26. The molecule has 1 aromatic carbocycles. The largest absolute Gasteiger partial charge is 0.493 e. The summed E-state index contributed by atoms with van der Waals surface area (Å²) >= 11 is 8.17. The SMILES string of the molecule is O=c1c2scnc2nc(SCc2ccc(Cl)cc2F)n1-c1ccc(O)nc1. The molecule has 0 spiro atoms. The zero-order valence-electron chi connectivity index (χ0n) is 13.5. The number of benzene rings is 1. The van der Waals surface area contributed by atoms with E-state index in [1.54, 1.807) is 23.7 Å². The second-order valence-electron chi connectivity index (χ2n) is 5.44. The summed E-state index contributed by atoms with van der Waals surface area (Å²) in [6.45, 7) is 0. The van der Waals surface area contributed by atoms with Crippen molar-refractivity contribution in [1.82, 2.24) is 19.5 Å². The molecule has 1 N–H and O–H groups in total. The predicted octanol–water partition coefficient (Wildman–Crippen LogP) is 4.03. The van der Waals surface area contributed by atoms with E-state index in [0.717, 1.165) is 0 Å². The van der Waals surface area contributed by atoms with Gasteiger partial charge in [0.1, 0.15) is 10.5 Å². The fourth-order valence-corrected chi connectivity index (χ4v) is 4.21. The molecule has 0 aliphatic carbocycles. The Balaban J connectivity index is 1.79. The van der Waals surface area contributed by atoms with Crippen molar-refractivity contribution >= 4 is 45.0 Å². The molecule has 3 aromatic heterocycles. The molecule has 0 aliphatic rings. The molecular weight excluding hydrogens is 411 g/mol. The van der Waals surface area contributed by atoms with E-state index in [0.29, 0.717) is 31.8 Å². The normalized spacial score (nSPS) is 11.2. The van der Waals surface area contributed by atoms with Crippen molar-refractivity contribution in [3.8, 4) is 11.6 Å². The van der Waals surface area contributed by atoms with Gasteiger partial charge >= 0.3 is 0 Å². The molecule has 6 nitrogen and oxygen atoms in total. The molecule has 0 atom stereocenters. The number of nitrogens with zero attached hydrogens (tertiary/aromatic N) is 4. The standard InChI is InChI=1S/C17H10ClFN4O2S2/c18-10-2-1-9(12(19)5-10)7-26-17-22-15-14(27-8-21-15)16(25)23(17)11-3-4-13(24)20-6-11/h1-6,8H,7H2,(H,20,24). The average molecular weight is 421 g/mol. The monoisotopic (exact) mass is 420 g/mol. The molecule has 0 radical (unpaired) electrons. The van der Waals surface area contributed by atoms with Crippen LogP contribution in [0.15, 0.2) is 52.0 Å². The molecule has 136 valence electrons. The van der Waals surface area contributed by atoms with Gasteiger partial charge in [0, 0.05) is 16.8 Å². The topological polar surface area (TPSA) is 80.9 Å². The third-order valence-electron chi connectivity index (χ3n) is 3.70. The highest BCUT2D eigenvalue weighted by atomic mass is 35.5. The third kappa shape index (κ3) is 3.53. The van der Waals surface area contributed by atoms with Gasteiger partial charge in [-0.3, -0.25) is 9.36 Å². The molecule has 0 amide bonds. The van der Waals surface area contributed by atoms with Gasteiger partial charge in [0.2, 0.25) is 5.88 Å². The molecule has 4 rings (SSSR count). The Labute approximate surface area is 165 Å². The van der Waals surface area contributed by atoms with Gasteiger partial charge in [0.25, 0.3) is 5.56 Å². The smallest absolute Gasteiger partial charge is 0.278 e. The minimum atomic E-state index is -0.426. The molecule has 4 aromatic rings. The van der Waals surface area contributed by atoms with Crippen molar-refractivity contribution in [3.63, 3.8) is 0 Å². The first-order chi connectivity index (χ1) is 13.0. The predicted molar refractivity (Wildman–Crippen MR) is 103 cm³/mol. The van der Waals surface area contributed by atoms with Crippen LogP contribution in [-0.4, -0.2) is 24.6 Å². The Morgan fingerprint density at radius 1 is 1.26 bits per heavy atom. The Morgan fingerprint density at radius 2 is 2.11 bits per heavy atom. The number of thiazole rings is 1. The Morgan fingerprint density at radius 3 is 2.85 bits per heavy atom. The Bertz CT molecular complexity index is 1190. The fraction of sp³-hybridized carbons (Fsp3) is 0.0588. The van der Waals surface area contributed by atoms with Crippen molar-refractivity contribution < 1.29 is 9.50 Å². The van der Waals surface area contributed by atoms with E-state index in [4.69, 9.17) is 11.6 Å². The zero-order valence-corrected chi connectivity index (χ0v) is 15.9. The van der Waals surface area contributed by atoms with Gasteiger partial charge in [-0.05, 0) is 23.8 Å². The van der Waals surface area contributed by atoms with Gasteiger partial charge in [-0.1, -0.05) is 29.4 Å². The number of halogens is 2. The van der Waals surface area contributed by atoms with Crippen LogP contribution in [0.5, 0.6) is 5.88 Å². The van der Waals surface area contributed by atoms with E-state index < -0.39 is 5.82 Å². The minimum Gasteiger partial charge on any atom is -0.493 e. The minimum absolute atomic E-state index is 0.156. The molecule has 0 saturated carbocycles. The van der Waals surface area contributed by atoms with Gasteiger partial charge in [-0.15, -0.1) is 11.3 Å². The number of fused-ring (bicyclic) bond motifs is 1. The summed E-state index contributed by atoms with van der Waals surface area (Å²) in [5, 5.41) is 10.1. The van der Waals surface area contributed by atoms with Gasteiger partial charge in [-0.2, -0.15) is 0 Å². The van der Waals surface area contributed by atoms with E-state index in [9.17, 15) is 14.3 Å². The Kier molecular flexibility index (Phi) is 4.81. The van der Waals surface area contributed by atoms with Crippen LogP contribution in [0.4, 0.5) is 4.39 Å². The highest BCUT2D eigenvalue weighted by Crippen LogP contribution is 2.27. The van der Waals surface area contributed by atoms with Crippen molar-refractivity contribution in [3.05, 3.63) is 68.8 Å². The lowest BCUT2D eigenvalue weighted by molar-refractivity contribution is 0.453. The van der Waals surface area contributed by atoms with Crippen molar-refractivity contribution in [1.29, 1.82) is 0 Å². The molecule has 0 bridgehead atoms. The van der Waals surface area contributed by atoms with Crippen LogP contribution in [0, 0.1) is 5.82 Å². The van der Waals surface area contributed by atoms with E-state index >= 15 is 0 Å². The number of pyridine rings is 1. The van der Waals surface area contributed by atoms with E-state index in [1.165, 1.54) is 46.0 Å². The average Bonchev–Trinajstić information content (AvgIpc) is 3.11. The third-order valence-corrected chi connectivity index (χ3v) is 5.73. The second-order valence-corrected chi connectivity index (χ2v) is 7.67. The van der Waals surface area contributed by atoms with Crippen molar-refractivity contribution in [2.45, 2.75) is 10.9 Å². The van der Waals surface area contributed by atoms with Crippen LogP contribution < -0.4 is 5.56 Å². The summed E-state index contributed by atoms with van der Waals surface area (Å²) in [6, 6.07) is 7.38. The lowest BCUT2D eigenvalue weighted by Gasteiger charge is -2.11. The van der Waals surface area contributed by atoms with Crippen molar-refractivity contribution in [2.75, 3.05) is 0 Å². The molecule has 0 saturated heterocycles. The summed E-state index contributed by atoms with van der Waals surface area (Å²) in [7, 11) is 0. The highest BCUT2D eigenvalue weighted by molar-refractivity contribution is 7.98. The zero-order chi connectivity index (χ0) is 19.0. The maximum atomic E-state index is 14.1. The first kappa shape index (κ1) is 17.9. The quantitative estimate of drug-likeness (QED) is 0.396. The molecule has 0 unspecified atom stereocenters. The number of rotatable bonds is 4. The van der Waals surface area contributed by atoms with Crippen molar-refractivity contribution in [2.24, 2.45) is 0 Å². The maximum Gasteiger partial charge on any atom is 0.278 e. The molecule has 10 heteroatoms. The molecule has 0 fully saturated rings. The summed E-state index contributed by atoms with van der Waals surface area (Å²) in [6.07, 6.45) is 1.37. The number of hydrogen-bond acceptors (Lipinski definition) is 7. The van der Waals surface area contributed by atoms with Crippen LogP contribution in [0.25, 0.3) is 16.0 Å². The van der Waals surface area contributed by atoms with Gasteiger partial charge < -0.3 is 5.11 Å². The maximum absolute atomic E-state index is 14.1. The van der Waals surface area contributed by atoms with E-state index in [-0.39, 0.29) is 17.2 Å². The van der Waals surface area contributed by atoms with E-state index in [1.807, 2.05) is 0 Å². The number of aromatic hydroxyl groups is 1. The molecule has 3 heterocycles. The van der Waals surface area contributed by atoms with Crippen LogP contribution >= 0.6 is 34.7 Å². The lowest BCUT2D eigenvalue weighted by Crippen LogP contribution is -2.21. The molecular formula is C17H10ClFN4O2S2. The highest BCUT2D eigenvalue weighted by Gasteiger charge is 2.16.